The van der Waals surface area contributed by atoms with Crippen LogP contribution in [-0.2, 0) is 0 Å². The molecule has 0 aromatic rings. The highest BCUT2D eigenvalue weighted by atomic mass is 14.4. The van der Waals surface area contributed by atoms with Gasteiger partial charge in [-0.2, -0.15) is 0 Å². The van der Waals surface area contributed by atoms with Crippen LogP contribution in [0.25, 0.3) is 0 Å². The van der Waals surface area contributed by atoms with Gasteiger partial charge in [0.2, 0.25) is 0 Å². The Labute approximate surface area is 69.4 Å². The van der Waals surface area contributed by atoms with Gasteiger partial charge in [-0.15, -0.1) is 5.92 Å². The van der Waals surface area contributed by atoms with Gasteiger partial charge in [-0.1, -0.05) is 25.2 Å². The van der Waals surface area contributed by atoms with Crippen LogP contribution in [-0.4, -0.2) is 0 Å². The maximum absolute atomic E-state index is 3.38. The van der Waals surface area contributed by atoms with E-state index in [0.29, 0.717) is 0 Å². The summed E-state index contributed by atoms with van der Waals surface area (Å²) < 4.78 is 0. The van der Waals surface area contributed by atoms with E-state index >= 15 is 0 Å². The Balaban J connectivity index is 1.87. The lowest BCUT2D eigenvalue weighted by Crippen LogP contribution is -1.85. The molecule has 0 N–H and O–H groups in total. The molecule has 2 rings (SSSR count). The van der Waals surface area contributed by atoms with Gasteiger partial charge in [-0.25, -0.2) is 0 Å². The highest BCUT2D eigenvalue weighted by molar-refractivity contribution is 5.12. The molecule has 0 saturated heterocycles. The molecule has 0 nitrogen and oxygen atoms in total. The highest BCUT2D eigenvalue weighted by Crippen LogP contribution is 2.42. The quantitative estimate of drug-likeness (QED) is 0.463. The van der Waals surface area contributed by atoms with Gasteiger partial charge in [0, 0.05) is 12.3 Å². The van der Waals surface area contributed by atoms with Crippen molar-refractivity contribution in [3.8, 4) is 11.8 Å². The smallest absolute Gasteiger partial charge is 0.0234 e. The van der Waals surface area contributed by atoms with Crippen LogP contribution in [0.4, 0.5) is 0 Å². The predicted octanol–water partition coefficient (Wildman–Crippen LogP) is 2.98. The summed E-state index contributed by atoms with van der Waals surface area (Å²) in [7, 11) is 0. The van der Waals surface area contributed by atoms with E-state index in [1.807, 2.05) is 0 Å². The van der Waals surface area contributed by atoms with Gasteiger partial charge in [-0.05, 0) is 25.2 Å². The molecule has 0 aliphatic heterocycles. The largest absolute Gasteiger partial charge is 0.103 e. The van der Waals surface area contributed by atoms with Gasteiger partial charge in [-0.3, -0.25) is 0 Å². The van der Waals surface area contributed by atoms with Crippen molar-refractivity contribution in [2.75, 3.05) is 0 Å². The van der Waals surface area contributed by atoms with Crippen LogP contribution in [0.3, 0.4) is 0 Å². The molecule has 2 aliphatic rings. The molecular formula is C11H16. The lowest BCUT2D eigenvalue weighted by atomic mass is 10.1. The normalized spacial score (nSPS) is 36.4. The molecule has 60 valence electrons. The van der Waals surface area contributed by atoms with Crippen molar-refractivity contribution in [1.82, 2.24) is 0 Å². The van der Waals surface area contributed by atoms with Crippen molar-refractivity contribution in [3.63, 3.8) is 0 Å². The Hall–Kier alpha value is -0.440. The Bertz CT molecular complexity index is 182. The fraction of sp³-hybridized carbons (Fsp3) is 0.818. The van der Waals surface area contributed by atoms with Crippen molar-refractivity contribution in [2.24, 2.45) is 11.8 Å². The van der Waals surface area contributed by atoms with Crippen LogP contribution in [0.2, 0.25) is 0 Å². The van der Waals surface area contributed by atoms with Crippen LogP contribution < -0.4 is 0 Å². The van der Waals surface area contributed by atoms with Crippen LogP contribution in [0.15, 0.2) is 0 Å². The van der Waals surface area contributed by atoms with E-state index in [1.165, 1.54) is 38.5 Å². The fourth-order valence-electron chi connectivity index (χ4n) is 1.92. The summed E-state index contributed by atoms with van der Waals surface area (Å²) in [6.45, 7) is 0. The van der Waals surface area contributed by atoms with Crippen LogP contribution in [0, 0.1) is 23.7 Å². The molecular weight excluding hydrogens is 132 g/mol. The number of hydrogen-bond donors (Lipinski definition) is 0. The summed E-state index contributed by atoms with van der Waals surface area (Å²) >= 11 is 0. The molecule has 11 heavy (non-hydrogen) atoms. The molecule has 0 heteroatoms. The Morgan fingerprint density at radius 1 is 1.00 bits per heavy atom. The molecule has 0 aromatic carbocycles. The van der Waals surface area contributed by atoms with E-state index in [-0.39, 0.29) is 0 Å². The Morgan fingerprint density at radius 2 is 1.91 bits per heavy atom. The SMILES string of the molecule is C1#C[C@H]2C[C@@H]2CCCCCC1. The average molecular weight is 148 g/mol. The number of rotatable bonds is 0. The van der Waals surface area contributed by atoms with Gasteiger partial charge >= 0.3 is 0 Å². The Morgan fingerprint density at radius 3 is 2.91 bits per heavy atom. The maximum atomic E-state index is 3.38. The summed E-state index contributed by atoms with van der Waals surface area (Å²) in [5.74, 6) is 8.49. The average Bonchev–Trinajstić information content (AvgIpc) is 2.76. The molecule has 0 radical (unpaired) electrons. The zero-order chi connectivity index (χ0) is 7.52. The summed E-state index contributed by atoms with van der Waals surface area (Å²) in [6, 6.07) is 0. The Kier molecular flexibility index (Phi) is 2.17. The third kappa shape index (κ3) is 1.99. The van der Waals surface area contributed by atoms with Gasteiger partial charge < -0.3 is 0 Å². The van der Waals surface area contributed by atoms with Gasteiger partial charge in [0.15, 0.2) is 0 Å². The minimum absolute atomic E-state index is 0.813. The molecule has 2 aliphatic carbocycles. The van der Waals surface area contributed by atoms with Crippen LogP contribution >= 0.6 is 0 Å². The predicted molar refractivity (Wildman–Crippen MR) is 47.1 cm³/mol. The summed E-state index contributed by atoms with van der Waals surface area (Å²) in [5, 5.41) is 0. The molecule has 0 amide bonds. The monoisotopic (exact) mass is 148 g/mol. The van der Waals surface area contributed by atoms with Crippen molar-refractivity contribution >= 4 is 0 Å². The second-order valence-electron chi connectivity index (χ2n) is 3.88. The third-order valence-electron chi connectivity index (χ3n) is 2.84. The molecule has 1 saturated carbocycles. The second-order valence-corrected chi connectivity index (χ2v) is 3.88. The van der Waals surface area contributed by atoms with Gasteiger partial charge in [0.05, 0.1) is 0 Å². The zero-order valence-electron chi connectivity index (χ0n) is 7.10. The first-order valence-corrected chi connectivity index (χ1v) is 4.95. The van der Waals surface area contributed by atoms with E-state index < -0.39 is 0 Å². The molecule has 0 bridgehead atoms. The van der Waals surface area contributed by atoms with Gasteiger partial charge in [0.25, 0.3) is 0 Å². The van der Waals surface area contributed by atoms with Crippen molar-refractivity contribution in [1.29, 1.82) is 0 Å². The summed E-state index contributed by atoms with van der Waals surface area (Å²) in [4.78, 5) is 0. The fourth-order valence-corrected chi connectivity index (χ4v) is 1.92. The minimum Gasteiger partial charge on any atom is -0.103 e. The first kappa shape index (κ1) is 7.22. The van der Waals surface area contributed by atoms with E-state index in [4.69, 9.17) is 0 Å². The van der Waals surface area contributed by atoms with E-state index in [9.17, 15) is 0 Å². The van der Waals surface area contributed by atoms with Gasteiger partial charge in [0.1, 0.15) is 0 Å². The maximum Gasteiger partial charge on any atom is 0.0234 e. The highest BCUT2D eigenvalue weighted by Gasteiger charge is 2.34. The first-order valence-electron chi connectivity index (χ1n) is 4.95. The first-order chi connectivity index (χ1) is 5.47. The second kappa shape index (κ2) is 3.30. The van der Waals surface area contributed by atoms with Crippen molar-refractivity contribution in [3.05, 3.63) is 0 Å². The molecule has 0 aromatic heterocycles. The number of hydrogen-bond acceptors (Lipinski definition) is 0. The minimum atomic E-state index is 0.813. The standard InChI is InChI=1S/C11H16/c1-2-4-6-8-11-9-10(11)7-5-3-1/h10-11H,1-5,7,9H2/t10-,11-/m0/s1. The van der Waals surface area contributed by atoms with Crippen LogP contribution in [0.5, 0.6) is 0 Å². The van der Waals surface area contributed by atoms with E-state index in [1.54, 1.807) is 0 Å². The van der Waals surface area contributed by atoms with E-state index in [0.717, 1.165) is 18.3 Å². The summed E-state index contributed by atoms with van der Waals surface area (Å²) in [6.07, 6.45) is 9.68. The van der Waals surface area contributed by atoms with Crippen molar-refractivity contribution < 1.29 is 0 Å². The van der Waals surface area contributed by atoms with Crippen LogP contribution in [0.1, 0.15) is 44.9 Å². The van der Waals surface area contributed by atoms with Crippen molar-refractivity contribution in [2.45, 2.75) is 44.9 Å². The zero-order valence-corrected chi connectivity index (χ0v) is 7.10. The summed E-state index contributed by atoms with van der Waals surface area (Å²) in [5.41, 5.74) is 0. The lowest BCUT2D eigenvalue weighted by Gasteiger charge is -1.99. The molecule has 0 heterocycles. The van der Waals surface area contributed by atoms with E-state index in [2.05, 4.69) is 11.8 Å². The lowest BCUT2D eigenvalue weighted by molar-refractivity contribution is 0.577. The molecule has 0 spiro atoms. The number of fused-ring (bicyclic) bond motifs is 1. The molecule has 1 fully saturated rings. The third-order valence-corrected chi connectivity index (χ3v) is 2.84. The molecule has 2 atom stereocenters. The topological polar surface area (TPSA) is 0 Å². The molecule has 0 unspecified atom stereocenters.